The van der Waals surface area contributed by atoms with Crippen molar-refractivity contribution in [2.45, 2.75) is 0 Å². The van der Waals surface area contributed by atoms with Gasteiger partial charge in [0.2, 0.25) is 0 Å². The molecule has 0 aliphatic rings. The number of nitrogens with one attached hydrogen (secondary N) is 1. The zero-order valence-corrected chi connectivity index (χ0v) is 11.9. The molecule has 17 heavy (non-hydrogen) atoms. The van der Waals surface area contributed by atoms with Crippen LogP contribution in [0.4, 0.5) is 5.82 Å². The maximum Gasteiger partial charge on any atom is 0.277 e. The lowest BCUT2D eigenvalue weighted by Crippen LogP contribution is -2.14. The Bertz CT molecular complexity index is 568. The molecule has 6 nitrogen and oxygen atoms in total. The smallest absolute Gasteiger partial charge is 0.277 e. The van der Waals surface area contributed by atoms with E-state index in [2.05, 4.69) is 52.2 Å². The van der Waals surface area contributed by atoms with Gasteiger partial charge in [-0.3, -0.25) is 9.48 Å². The first-order valence-electron chi connectivity index (χ1n) is 4.55. The summed E-state index contributed by atoms with van der Waals surface area (Å²) in [6.45, 7) is 0. The molecule has 0 radical (unpaired) electrons. The fourth-order valence-electron chi connectivity index (χ4n) is 1.14. The van der Waals surface area contributed by atoms with Gasteiger partial charge in [0.1, 0.15) is 9.21 Å². The summed E-state index contributed by atoms with van der Waals surface area (Å²) < 4.78 is 2.59. The Kier molecular flexibility index (Phi) is 3.53. The molecule has 0 fully saturated rings. The second-order valence-electron chi connectivity index (χ2n) is 3.16. The Labute approximate surface area is 114 Å². The Morgan fingerprint density at radius 2 is 2.24 bits per heavy atom. The van der Waals surface area contributed by atoms with E-state index in [-0.39, 0.29) is 5.91 Å². The number of hydrogen-bond donors (Lipinski definition) is 1. The third-order valence-electron chi connectivity index (χ3n) is 1.88. The highest BCUT2D eigenvalue weighted by molar-refractivity contribution is 9.11. The van der Waals surface area contributed by atoms with Crippen LogP contribution in [0.5, 0.6) is 0 Å². The molecule has 0 aromatic carbocycles. The van der Waals surface area contributed by atoms with Gasteiger partial charge in [-0.15, -0.1) is 0 Å². The monoisotopic (exact) mass is 359 g/mol. The molecule has 0 bridgehead atoms. The zero-order valence-electron chi connectivity index (χ0n) is 8.69. The molecular formula is C9H7Br2N5O. The van der Waals surface area contributed by atoms with Crippen LogP contribution in [-0.2, 0) is 7.05 Å². The molecule has 2 aromatic heterocycles. The summed E-state index contributed by atoms with van der Waals surface area (Å²) in [6, 6.07) is 1.62. The maximum atomic E-state index is 11.8. The second kappa shape index (κ2) is 4.92. The molecule has 2 heterocycles. The summed E-state index contributed by atoms with van der Waals surface area (Å²) in [5.74, 6) is 0.0202. The van der Waals surface area contributed by atoms with Crippen LogP contribution in [0.2, 0.25) is 0 Å². The molecular weight excluding hydrogens is 354 g/mol. The summed E-state index contributed by atoms with van der Waals surface area (Å²) in [5.41, 5.74) is 0.323. The van der Waals surface area contributed by atoms with Crippen LogP contribution < -0.4 is 5.32 Å². The minimum atomic E-state index is -0.331. The van der Waals surface area contributed by atoms with Gasteiger partial charge < -0.3 is 5.32 Å². The highest BCUT2D eigenvalue weighted by Crippen LogP contribution is 2.19. The van der Waals surface area contributed by atoms with E-state index in [9.17, 15) is 4.79 Å². The Balaban J connectivity index is 2.18. The molecule has 2 aromatic rings. The number of amides is 1. The van der Waals surface area contributed by atoms with E-state index >= 15 is 0 Å². The van der Waals surface area contributed by atoms with Gasteiger partial charge in [0.25, 0.3) is 5.91 Å². The Morgan fingerprint density at radius 1 is 1.47 bits per heavy atom. The Hall–Kier alpha value is -1.28. The average Bonchev–Trinajstić information content (AvgIpc) is 2.69. The van der Waals surface area contributed by atoms with E-state index in [1.807, 2.05) is 0 Å². The summed E-state index contributed by atoms with van der Waals surface area (Å²) in [7, 11) is 1.74. The lowest BCUT2D eigenvalue weighted by Gasteiger charge is -2.03. The molecule has 0 aliphatic heterocycles. The largest absolute Gasteiger partial charge is 0.303 e. The van der Waals surface area contributed by atoms with E-state index < -0.39 is 0 Å². The molecule has 88 valence electrons. The predicted molar refractivity (Wildman–Crippen MR) is 68.6 cm³/mol. The number of anilines is 1. The third-order valence-corrected chi connectivity index (χ3v) is 2.81. The average molecular weight is 361 g/mol. The van der Waals surface area contributed by atoms with Gasteiger partial charge in [0.05, 0.1) is 6.20 Å². The molecule has 0 atom stereocenters. The molecule has 1 amide bonds. The summed E-state index contributed by atoms with van der Waals surface area (Å²) >= 11 is 6.39. The van der Waals surface area contributed by atoms with E-state index in [1.165, 1.54) is 6.20 Å². The first-order chi connectivity index (χ1) is 8.06. The van der Waals surface area contributed by atoms with Crippen LogP contribution >= 0.6 is 31.9 Å². The summed E-state index contributed by atoms with van der Waals surface area (Å²) in [6.07, 6.45) is 3.19. The number of halogens is 2. The van der Waals surface area contributed by atoms with Crippen molar-refractivity contribution in [3.8, 4) is 0 Å². The molecule has 8 heteroatoms. The van der Waals surface area contributed by atoms with Crippen LogP contribution in [0.1, 0.15) is 10.5 Å². The minimum absolute atomic E-state index is 0.323. The molecule has 0 spiro atoms. The first-order valence-corrected chi connectivity index (χ1v) is 6.14. The van der Waals surface area contributed by atoms with Crippen molar-refractivity contribution in [1.82, 2.24) is 19.7 Å². The van der Waals surface area contributed by atoms with Crippen molar-refractivity contribution < 1.29 is 4.79 Å². The lowest BCUT2D eigenvalue weighted by molar-refractivity contribution is 0.102. The molecule has 1 N–H and O–H groups in total. The molecule has 0 saturated heterocycles. The van der Waals surface area contributed by atoms with Gasteiger partial charge in [-0.1, -0.05) is 0 Å². The molecule has 0 saturated carbocycles. The van der Waals surface area contributed by atoms with Crippen molar-refractivity contribution in [3.63, 3.8) is 0 Å². The van der Waals surface area contributed by atoms with Crippen LogP contribution in [0, 0.1) is 0 Å². The minimum Gasteiger partial charge on any atom is -0.303 e. The fourth-order valence-corrected chi connectivity index (χ4v) is 2.05. The number of carbonyl (C=O) groups is 1. The van der Waals surface area contributed by atoms with Crippen molar-refractivity contribution in [3.05, 3.63) is 33.4 Å². The van der Waals surface area contributed by atoms with Crippen molar-refractivity contribution in [2.24, 2.45) is 7.05 Å². The van der Waals surface area contributed by atoms with E-state index in [1.54, 1.807) is 24.0 Å². The van der Waals surface area contributed by atoms with E-state index in [0.717, 1.165) is 0 Å². The molecule has 2 rings (SSSR count). The van der Waals surface area contributed by atoms with Crippen LogP contribution in [0.3, 0.4) is 0 Å². The number of hydrogen-bond acceptors (Lipinski definition) is 4. The van der Waals surface area contributed by atoms with Gasteiger partial charge >= 0.3 is 0 Å². The van der Waals surface area contributed by atoms with Crippen molar-refractivity contribution in [1.29, 1.82) is 0 Å². The van der Waals surface area contributed by atoms with Gasteiger partial charge in [0, 0.05) is 13.2 Å². The number of aromatic nitrogens is 4. The summed E-state index contributed by atoms with van der Waals surface area (Å²) in [5, 5.41) is 6.60. The maximum absolute atomic E-state index is 11.8. The van der Waals surface area contributed by atoms with Crippen molar-refractivity contribution >= 4 is 43.6 Å². The lowest BCUT2D eigenvalue weighted by atomic mass is 10.4. The standard InChI is InChI=1S/C9H7Br2N5O/c1-16-3-2-5(15-16)9(17)14-8-7(11)13-6(10)4-12-8/h2-4H,1H3,(H,12,14,17). The first kappa shape index (κ1) is 12.2. The number of rotatable bonds is 2. The molecule has 0 unspecified atom stereocenters. The quantitative estimate of drug-likeness (QED) is 0.888. The second-order valence-corrected chi connectivity index (χ2v) is 4.72. The normalized spacial score (nSPS) is 10.3. The molecule has 0 aliphatic carbocycles. The van der Waals surface area contributed by atoms with E-state index in [0.29, 0.717) is 20.7 Å². The number of aryl methyl sites for hydroxylation is 1. The highest BCUT2D eigenvalue weighted by Gasteiger charge is 2.12. The number of carbonyl (C=O) groups excluding carboxylic acids is 1. The topological polar surface area (TPSA) is 72.7 Å². The number of nitrogens with zero attached hydrogens (tertiary/aromatic N) is 4. The van der Waals surface area contributed by atoms with Gasteiger partial charge in [0.15, 0.2) is 11.5 Å². The fraction of sp³-hybridized carbons (Fsp3) is 0.111. The van der Waals surface area contributed by atoms with Gasteiger partial charge in [-0.2, -0.15) is 5.10 Å². The van der Waals surface area contributed by atoms with Gasteiger partial charge in [-0.05, 0) is 37.9 Å². The van der Waals surface area contributed by atoms with Crippen LogP contribution in [0.25, 0.3) is 0 Å². The highest BCUT2D eigenvalue weighted by atomic mass is 79.9. The van der Waals surface area contributed by atoms with Crippen LogP contribution in [0.15, 0.2) is 27.7 Å². The van der Waals surface area contributed by atoms with Crippen LogP contribution in [-0.4, -0.2) is 25.7 Å². The zero-order chi connectivity index (χ0) is 12.4. The third kappa shape index (κ3) is 2.89. The van der Waals surface area contributed by atoms with Crippen molar-refractivity contribution in [2.75, 3.05) is 5.32 Å². The van der Waals surface area contributed by atoms with E-state index in [4.69, 9.17) is 0 Å². The SMILES string of the molecule is Cn1ccc(C(=O)Nc2ncc(Br)nc2Br)n1. The summed E-state index contributed by atoms with van der Waals surface area (Å²) in [4.78, 5) is 19.9. The Morgan fingerprint density at radius 3 is 2.82 bits per heavy atom. The van der Waals surface area contributed by atoms with Gasteiger partial charge in [-0.25, -0.2) is 9.97 Å². The predicted octanol–water partition coefficient (Wildman–Crippen LogP) is 1.99.